The number of aromatic nitrogens is 2. The van der Waals surface area contributed by atoms with Gasteiger partial charge in [0.15, 0.2) is 8.68 Å². The SMILES string of the molecule is CSc1nnc(SCC(O)CNC(C)(C)C)s1. The lowest BCUT2D eigenvalue weighted by Crippen LogP contribution is -2.41. The number of aliphatic hydroxyl groups is 1. The molecule has 0 amide bonds. The minimum atomic E-state index is -0.360. The number of nitrogens with one attached hydrogen (secondary N) is 1. The van der Waals surface area contributed by atoms with E-state index in [9.17, 15) is 5.11 Å². The van der Waals surface area contributed by atoms with E-state index in [0.717, 1.165) is 8.68 Å². The molecule has 1 unspecified atom stereocenters. The highest BCUT2D eigenvalue weighted by Crippen LogP contribution is 2.27. The van der Waals surface area contributed by atoms with E-state index < -0.39 is 0 Å². The van der Waals surface area contributed by atoms with Gasteiger partial charge >= 0.3 is 0 Å². The van der Waals surface area contributed by atoms with Crippen LogP contribution < -0.4 is 5.32 Å². The minimum absolute atomic E-state index is 0.0421. The van der Waals surface area contributed by atoms with Crippen molar-refractivity contribution in [1.82, 2.24) is 15.5 Å². The summed E-state index contributed by atoms with van der Waals surface area (Å²) in [6.07, 6.45) is 1.62. The van der Waals surface area contributed by atoms with Gasteiger partial charge in [0.1, 0.15) is 0 Å². The fourth-order valence-corrected chi connectivity index (χ4v) is 3.38. The van der Waals surface area contributed by atoms with E-state index >= 15 is 0 Å². The van der Waals surface area contributed by atoms with Crippen LogP contribution in [0.5, 0.6) is 0 Å². The quantitative estimate of drug-likeness (QED) is 0.783. The molecular weight excluding hydrogens is 274 g/mol. The Morgan fingerprint density at radius 3 is 2.53 bits per heavy atom. The zero-order valence-corrected chi connectivity index (χ0v) is 13.0. The van der Waals surface area contributed by atoms with Crippen molar-refractivity contribution in [2.24, 2.45) is 0 Å². The number of nitrogens with zero attached hydrogens (tertiary/aromatic N) is 2. The van der Waals surface area contributed by atoms with E-state index in [0.29, 0.717) is 12.3 Å². The highest BCUT2D eigenvalue weighted by atomic mass is 32.2. The minimum Gasteiger partial charge on any atom is -0.391 e. The fourth-order valence-electron chi connectivity index (χ4n) is 0.988. The second-order valence-electron chi connectivity index (χ2n) is 4.63. The van der Waals surface area contributed by atoms with Crippen LogP contribution in [-0.2, 0) is 0 Å². The number of rotatable bonds is 6. The largest absolute Gasteiger partial charge is 0.391 e. The third kappa shape index (κ3) is 6.61. The monoisotopic (exact) mass is 293 g/mol. The van der Waals surface area contributed by atoms with Gasteiger partial charge in [-0.1, -0.05) is 34.9 Å². The van der Waals surface area contributed by atoms with E-state index in [1.807, 2.05) is 6.26 Å². The molecule has 0 aliphatic carbocycles. The standard InChI is InChI=1S/C10H19N3OS3/c1-10(2,3)11-5-7(14)6-16-9-13-12-8(15-4)17-9/h7,11,14H,5-6H2,1-4H3. The smallest absolute Gasteiger partial charge is 0.175 e. The summed E-state index contributed by atoms with van der Waals surface area (Å²) in [5.41, 5.74) is 0.0421. The normalized spacial score (nSPS) is 13.9. The average Bonchev–Trinajstić information content (AvgIpc) is 2.70. The lowest BCUT2D eigenvalue weighted by Gasteiger charge is -2.22. The zero-order chi connectivity index (χ0) is 12.9. The molecule has 4 nitrogen and oxygen atoms in total. The molecule has 0 aliphatic rings. The molecule has 1 aromatic rings. The lowest BCUT2D eigenvalue weighted by atomic mass is 10.1. The molecule has 17 heavy (non-hydrogen) atoms. The van der Waals surface area contributed by atoms with Gasteiger partial charge in [-0.3, -0.25) is 0 Å². The van der Waals surface area contributed by atoms with Gasteiger partial charge in [-0.25, -0.2) is 0 Å². The predicted molar refractivity (Wildman–Crippen MR) is 76.2 cm³/mol. The zero-order valence-electron chi connectivity index (χ0n) is 10.6. The van der Waals surface area contributed by atoms with Gasteiger partial charge in [0.25, 0.3) is 0 Å². The first kappa shape index (κ1) is 15.2. The van der Waals surface area contributed by atoms with Crippen LogP contribution in [0.15, 0.2) is 8.68 Å². The highest BCUT2D eigenvalue weighted by Gasteiger charge is 2.13. The van der Waals surface area contributed by atoms with Crippen LogP contribution in [0.1, 0.15) is 20.8 Å². The molecule has 0 radical (unpaired) electrons. The Labute approximate surface area is 115 Å². The molecule has 0 saturated carbocycles. The Hall–Kier alpha value is 0.180. The molecule has 7 heteroatoms. The maximum Gasteiger partial charge on any atom is 0.175 e. The first-order valence-corrected chi connectivity index (χ1v) is 8.37. The molecule has 1 rings (SSSR count). The van der Waals surface area contributed by atoms with Crippen molar-refractivity contribution >= 4 is 34.9 Å². The summed E-state index contributed by atoms with van der Waals surface area (Å²) in [6, 6.07) is 0. The van der Waals surface area contributed by atoms with Crippen LogP contribution >= 0.6 is 34.9 Å². The highest BCUT2D eigenvalue weighted by molar-refractivity contribution is 8.02. The van der Waals surface area contributed by atoms with E-state index in [-0.39, 0.29) is 11.6 Å². The average molecular weight is 293 g/mol. The summed E-state index contributed by atoms with van der Waals surface area (Å²) in [5.74, 6) is 0.645. The summed E-state index contributed by atoms with van der Waals surface area (Å²) >= 11 is 4.72. The van der Waals surface area contributed by atoms with Gasteiger partial charge in [0, 0.05) is 17.8 Å². The van der Waals surface area contributed by atoms with Crippen molar-refractivity contribution in [3.8, 4) is 0 Å². The van der Waals surface area contributed by atoms with Gasteiger partial charge < -0.3 is 10.4 Å². The fraction of sp³-hybridized carbons (Fsp3) is 0.800. The van der Waals surface area contributed by atoms with Crippen molar-refractivity contribution in [2.45, 2.75) is 41.1 Å². The molecule has 0 aromatic carbocycles. The van der Waals surface area contributed by atoms with Gasteiger partial charge in [-0.2, -0.15) is 0 Å². The van der Waals surface area contributed by atoms with Crippen LogP contribution in [0.2, 0.25) is 0 Å². The maximum absolute atomic E-state index is 9.81. The van der Waals surface area contributed by atoms with E-state index in [1.54, 1.807) is 34.9 Å². The Morgan fingerprint density at radius 1 is 1.35 bits per heavy atom. The third-order valence-electron chi connectivity index (χ3n) is 1.83. The van der Waals surface area contributed by atoms with Gasteiger partial charge in [0.2, 0.25) is 0 Å². The molecule has 0 spiro atoms. The van der Waals surface area contributed by atoms with Crippen LogP contribution in [0.3, 0.4) is 0 Å². The number of thioether (sulfide) groups is 2. The second kappa shape index (κ2) is 6.94. The Morgan fingerprint density at radius 2 is 2.00 bits per heavy atom. The number of hydrogen-bond donors (Lipinski definition) is 2. The first-order valence-electron chi connectivity index (χ1n) is 5.34. The molecule has 0 bridgehead atoms. The lowest BCUT2D eigenvalue weighted by molar-refractivity contribution is 0.183. The molecule has 1 aromatic heterocycles. The summed E-state index contributed by atoms with van der Waals surface area (Å²) in [5, 5.41) is 21.1. The van der Waals surface area contributed by atoms with Crippen LogP contribution in [0.4, 0.5) is 0 Å². The van der Waals surface area contributed by atoms with E-state index in [4.69, 9.17) is 0 Å². The van der Waals surface area contributed by atoms with E-state index in [1.165, 1.54) is 0 Å². The summed E-state index contributed by atoms with van der Waals surface area (Å²) < 4.78 is 1.89. The summed E-state index contributed by atoms with van der Waals surface area (Å²) in [6.45, 7) is 6.86. The second-order valence-corrected chi connectivity index (χ2v) is 7.93. The van der Waals surface area contributed by atoms with Gasteiger partial charge in [-0.05, 0) is 27.0 Å². The Kier molecular flexibility index (Phi) is 6.22. The van der Waals surface area contributed by atoms with Crippen molar-refractivity contribution < 1.29 is 5.11 Å². The first-order chi connectivity index (χ1) is 7.90. The molecular formula is C10H19N3OS3. The summed E-state index contributed by atoms with van der Waals surface area (Å²) in [4.78, 5) is 0. The molecule has 98 valence electrons. The molecule has 1 atom stereocenters. The Balaban J connectivity index is 2.25. The topological polar surface area (TPSA) is 58.0 Å². The van der Waals surface area contributed by atoms with Crippen LogP contribution in [0, 0.1) is 0 Å². The third-order valence-corrected chi connectivity index (χ3v) is 5.01. The van der Waals surface area contributed by atoms with Crippen molar-refractivity contribution in [2.75, 3.05) is 18.6 Å². The summed E-state index contributed by atoms with van der Waals surface area (Å²) in [7, 11) is 0. The van der Waals surface area contributed by atoms with Crippen molar-refractivity contribution in [1.29, 1.82) is 0 Å². The number of hydrogen-bond acceptors (Lipinski definition) is 7. The Bertz CT molecular complexity index is 338. The van der Waals surface area contributed by atoms with Crippen molar-refractivity contribution in [3.05, 3.63) is 0 Å². The van der Waals surface area contributed by atoms with Gasteiger partial charge in [-0.15, -0.1) is 10.2 Å². The number of β-amino-alcohol motifs (C(OH)–C–C–N with tert-alkyl or cyclic N) is 1. The van der Waals surface area contributed by atoms with Crippen LogP contribution in [-0.4, -0.2) is 45.5 Å². The maximum atomic E-state index is 9.81. The molecule has 1 heterocycles. The predicted octanol–water partition coefficient (Wildman–Crippen LogP) is 2.10. The molecule has 2 N–H and O–H groups in total. The van der Waals surface area contributed by atoms with Crippen molar-refractivity contribution in [3.63, 3.8) is 0 Å². The van der Waals surface area contributed by atoms with E-state index in [2.05, 4.69) is 36.3 Å². The molecule has 0 fully saturated rings. The molecule has 0 saturated heterocycles. The number of aliphatic hydroxyl groups excluding tert-OH is 1. The van der Waals surface area contributed by atoms with Crippen LogP contribution in [0.25, 0.3) is 0 Å². The molecule has 0 aliphatic heterocycles. The van der Waals surface area contributed by atoms with Gasteiger partial charge in [0.05, 0.1) is 6.10 Å².